The zero-order valence-corrected chi connectivity index (χ0v) is 23.9. The van der Waals surface area contributed by atoms with Gasteiger partial charge in [-0.3, -0.25) is 15.1 Å². The van der Waals surface area contributed by atoms with E-state index in [4.69, 9.17) is 37.0 Å². The number of amidine groups is 1. The summed E-state index contributed by atoms with van der Waals surface area (Å²) in [7, 11) is 0. The molecule has 1 atom stereocenters. The van der Waals surface area contributed by atoms with Crippen LogP contribution in [0.2, 0.25) is 5.02 Å². The van der Waals surface area contributed by atoms with Crippen molar-refractivity contribution in [3.8, 4) is 11.5 Å². The van der Waals surface area contributed by atoms with Crippen LogP contribution in [0.3, 0.4) is 0 Å². The summed E-state index contributed by atoms with van der Waals surface area (Å²) >= 11 is 6.22. The first-order valence-electron chi connectivity index (χ1n) is 13.4. The molecule has 3 aromatic rings. The number of halogens is 1. The second kappa shape index (κ2) is 14.5. The molecule has 0 aromatic heterocycles. The summed E-state index contributed by atoms with van der Waals surface area (Å²) in [5.41, 5.74) is 8.03. The largest absolute Gasteiger partial charge is 0.485 e. The van der Waals surface area contributed by atoms with Gasteiger partial charge in [0.05, 0.1) is 18.8 Å². The van der Waals surface area contributed by atoms with Crippen molar-refractivity contribution in [2.75, 3.05) is 50.1 Å². The van der Waals surface area contributed by atoms with E-state index < -0.39 is 18.5 Å². The molecule has 1 heterocycles. The van der Waals surface area contributed by atoms with Crippen LogP contribution < -0.4 is 25.8 Å². The van der Waals surface area contributed by atoms with Crippen LogP contribution in [0.4, 0.5) is 11.4 Å². The number of rotatable bonds is 13. The predicted molar refractivity (Wildman–Crippen MR) is 161 cm³/mol. The summed E-state index contributed by atoms with van der Waals surface area (Å²) in [6.45, 7) is 5.30. The number of carboxylic acids is 1. The molecule has 0 radical (unpaired) electrons. The van der Waals surface area contributed by atoms with E-state index in [0.717, 1.165) is 13.1 Å². The highest BCUT2D eigenvalue weighted by molar-refractivity contribution is 6.31. The number of morpholine rings is 1. The lowest BCUT2D eigenvalue weighted by Crippen LogP contribution is -2.41. The molecule has 1 aliphatic heterocycles. The number of ether oxygens (including phenoxy) is 3. The number of para-hydroxylation sites is 1. The maximum Gasteiger partial charge on any atom is 0.341 e. The molecule has 1 amide bonds. The fraction of sp³-hybridized carbons (Fsp3) is 0.300. The van der Waals surface area contributed by atoms with Gasteiger partial charge in [0, 0.05) is 53.7 Å². The average Bonchev–Trinajstić information content (AvgIpc) is 2.96. The van der Waals surface area contributed by atoms with Gasteiger partial charge in [0.25, 0.3) is 5.91 Å². The van der Waals surface area contributed by atoms with Gasteiger partial charge in [0.2, 0.25) is 0 Å². The number of carbonyl (C=O) groups is 2. The van der Waals surface area contributed by atoms with Crippen LogP contribution in [0, 0.1) is 5.41 Å². The van der Waals surface area contributed by atoms with Crippen LogP contribution in [0.5, 0.6) is 11.5 Å². The molecule has 1 saturated heterocycles. The third-order valence-electron chi connectivity index (χ3n) is 6.50. The predicted octanol–water partition coefficient (Wildman–Crippen LogP) is 4.05. The Morgan fingerprint density at radius 3 is 2.57 bits per heavy atom. The number of benzene rings is 3. The summed E-state index contributed by atoms with van der Waals surface area (Å²) in [5, 5.41) is 23.3. The highest BCUT2D eigenvalue weighted by atomic mass is 35.5. The van der Waals surface area contributed by atoms with Crippen molar-refractivity contribution in [3.63, 3.8) is 0 Å². The van der Waals surface area contributed by atoms with E-state index in [1.54, 1.807) is 54.6 Å². The lowest BCUT2D eigenvalue weighted by atomic mass is 10.1. The Morgan fingerprint density at radius 2 is 1.88 bits per heavy atom. The zero-order chi connectivity index (χ0) is 30.1. The summed E-state index contributed by atoms with van der Waals surface area (Å²) in [5.74, 6) is -0.835. The molecule has 42 heavy (non-hydrogen) atoms. The van der Waals surface area contributed by atoms with Crippen molar-refractivity contribution in [1.29, 1.82) is 5.41 Å². The van der Waals surface area contributed by atoms with E-state index in [0.29, 0.717) is 64.3 Å². The minimum Gasteiger partial charge on any atom is -0.485 e. The molecule has 1 aliphatic rings. The first-order chi connectivity index (χ1) is 20.2. The zero-order valence-electron chi connectivity index (χ0n) is 23.2. The molecule has 0 saturated carbocycles. The lowest BCUT2D eigenvalue weighted by Gasteiger charge is -2.29. The Morgan fingerprint density at radius 1 is 1.14 bits per heavy atom. The van der Waals surface area contributed by atoms with Gasteiger partial charge in [-0.25, -0.2) is 4.79 Å². The second-order valence-electron chi connectivity index (χ2n) is 9.76. The minimum absolute atomic E-state index is 0.0677. The number of nitrogens with two attached hydrogens (primary N) is 1. The van der Waals surface area contributed by atoms with Gasteiger partial charge in [0.1, 0.15) is 11.9 Å². The highest BCUT2D eigenvalue weighted by Crippen LogP contribution is 2.33. The number of nitrogens with one attached hydrogen (secondary N) is 3. The Kier molecular flexibility index (Phi) is 10.6. The van der Waals surface area contributed by atoms with E-state index >= 15 is 0 Å². The number of nitrogens with zero attached hydrogens (tertiary/aromatic N) is 1. The SMILES string of the molecule is CC(CN1CCOCC1)Oc1cccc(CNc2ccc(Cl)cc2C(=O)Nc2ccc(C(=N)N)cc2)c1OCC(=O)O. The van der Waals surface area contributed by atoms with E-state index in [1.807, 2.05) is 13.0 Å². The molecular formula is C30H34ClN5O6. The van der Waals surface area contributed by atoms with Gasteiger partial charge in [-0.2, -0.15) is 0 Å². The molecule has 11 nitrogen and oxygen atoms in total. The van der Waals surface area contributed by atoms with Gasteiger partial charge in [-0.1, -0.05) is 23.7 Å². The van der Waals surface area contributed by atoms with Gasteiger partial charge in [-0.15, -0.1) is 0 Å². The van der Waals surface area contributed by atoms with E-state index in [9.17, 15) is 14.7 Å². The summed E-state index contributed by atoms with van der Waals surface area (Å²) in [6, 6.07) is 16.9. The Labute approximate surface area is 249 Å². The fourth-order valence-corrected chi connectivity index (χ4v) is 4.64. The number of aliphatic carboxylic acids is 1. The molecule has 1 unspecified atom stereocenters. The van der Waals surface area contributed by atoms with Crippen molar-refractivity contribution < 1.29 is 28.9 Å². The third-order valence-corrected chi connectivity index (χ3v) is 6.73. The van der Waals surface area contributed by atoms with E-state index in [2.05, 4.69) is 15.5 Å². The molecule has 3 aromatic carbocycles. The van der Waals surface area contributed by atoms with Crippen LogP contribution >= 0.6 is 11.6 Å². The number of hydrogen-bond donors (Lipinski definition) is 5. The van der Waals surface area contributed by atoms with Gasteiger partial charge in [-0.05, 0) is 55.5 Å². The van der Waals surface area contributed by atoms with E-state index in [1.165, 1.54) is 0 Å². The molecule has 6 N–H and O–H groups in total. The summed E-state index contributed by atoms with van der Waals surface area (Å²) in [4.78, 5) is 26.8. The van der Waals surface area contributed by atoms with Crippen LogP contribution in [0.15, 0.2) is 60.7 Å². The first kappa shape index (κ1) is 30.6. The topological polar surface area (TPSA) is 159 Å². The second-order valence-corrected chi connectivity index (χ2v) is 10.2. The lowest BCUT2D eigenvalue weighted by molar-refractivity contribution is -0.139. The number of amides is 1. The van der Waals surface area contributed by atoms with Crippen molar-refractivity contribution in [2.24, 2.45) is 5.73 Å². The smallest absolute Gasteiger partial charge is 0.341 e. The molecule has 222 valence electrons. The van der Waals surface area contributed by atoms with Gasteiger partial charge in [0.15, 0.2) is 18.1 Å². The van der Waals surface area contributed by atoms with Crippen molar-refractivity contribution in [1.82, 2.24) is 4.90 Å². The number of carbonyl (C=O) groups excluding carboxylic acids is 1. The molecule has 0 bridgehead atoms. The maximum absolute atomic E-state index is 13.2. The Hall–Kier alpha value is -4.32. The molecular weight excluding hydrogens is 562 g/mol. The summed E-state index contributed by atoms with van der Waals surface area (Å²) < 4.78 is 17.3. The number of hydrogen-bond acceptors (Lipinski definition) is 8. The van der Waals surface area contributed by atoms with Gasteiger partial charge >= 0.3 is 5.97 Å². The number of nitrogen functional groups attached to an aromatic ring is 1. The maximum atomic E-state index is 13.2. The number of anilines is 2. The van der Waals surface area contributed by atoms with Crippen molar-refractivity contribution in [2.45, 2.75) is 19.6 Å². The van der Waals surface area contributed by atoms with E-state index in [-0.39, 0.29) is 18.5 Å². The molecule has 1 fully saturated rings. The van der Waals surface area contributed by atoms with Crippen LogP contribution in [0.25, 0.3) is 0 Å². The number of carboxylic acid groups (broad SMARTS) is 1. The highest BCUT2D eigenvalue weighted by Gasteiger charge is 2.20. The van der Waals surface area contributed by atoms with Crippen molar-refractivity contribution in [3.05, 3.63) is 82.4 Å². The average molecular weight is 596 g/mol. The van der Waals surface area contributed by atoms with Crippen LogP contribution in [0.1, 0.15) is 28.4 Å². The molecule has 4 rings (SSSR count). The minimum atomic E-state index is -1.11. The van der Waals surface area contributed by atoms with Crippen LogP contribution in [-0.2, 0) is 16.1 Å². The fourth-order valence-electron chi connectivity index (χ4n) is 4.47. The normalized spacial score (nSPS) is 14.0. The first-order valence-corrected chi connectivity index (χ1v) is 13.8. The molecule has 0 spiro atoms. The van der Waals surface area contributed by atoms with Crippen molar-refractivity contribution >= 4 is 40.7 Å². The quantitative estimate of drug-likeness (QED) is 0.145. The Bertz CT molecular complexity index is 1410. The van der Waals surface area contributed by atoms with Crippen LogP contribution in [-0.4, -0.2) is 73.3 Å². The van der Waals surface area contributed by atoms with Gasteiger partial charge < -0.3 is 35.7 Å². The molecule has 12 heteroatoms. The monoisotopic (exact) mass is 595 g/mol. The summed E-state index contributed by atoms with van der Waals surface area (Å²) in [6.07, 6.45) is -0.186. The third kappa shape index (κ3) is 8.59. The Balaban J connectivity index is 1.51. The molecule has 0 aliphatic carbocycles. The standard InChI is InChI=1S/C30H34ClN5O6/c1-19(17-36-11-13-40-14-12-36)42-26-4-2-3-21(28(26)41-18-27(37)38)16-34-25-10-7-22(31)15-24(25)30(39)35-23-8-5-20(6-9-23)29(32)33/h2-10,15,19,34H,11-14,16-18H2,1H3,(H3,32,33)(H,35,39)(H,37,38).